The summed E-state index contributed by atoms with van der Waals surface area (Å²) >= 11 is 0. The molecule has 2 unspecified atom stereocenters. The van der Waals surface area contributed by atoms with Gasteiger partial charge < -0.3 is 4.74 Å². The van der Waals surface area contributed by atoms with Crippen molar-refractivity contribution in [3.8, 4) is 6.07 Å². The van der Waals surface area contributed by atoms with Crippen molar-refractivity contribution in [2.45, 2.75) is 25.7 Å². The summed E-state index contributed by atoms with van der Waals surface area (Å²) < 4.78 is 5.31. The molecule has 0 radical (unpaired) electrons. The molecule has 0 aromatic rings. The summed E-state index contributed by atoms with van der Waals surface area (Å²) in [6.07, 6.45) is 4.98. The average Bonchev–Trinajstić information content (AvgIpc) is 2.47. The van der Waals surface area contributed by atoms with Gasteiger partial charge in [-0.25, -0.2) is 0 Å². The van der Waals surface area contributed by atoms with Crippen LogP contribution in [-0.2, 0) is 4.74 Å². The van der Waals surface area contributed by atoms with Gasteiger partial charge in [0, 0.05) is 12.5 Å². The van der Waals surface area contributed by atoms with Crippen LogP contribution < -0.4 is 0 Å². The van der Waals surface area contributed by atoms with Gasteiger partial charge >= 0.3 is 0 Å². The maximum absolute atomic E-state index is 9.02. The Labute approximate surface area is 73.5 Å². The van der Waals surface area contributed by atoms with Crippen LogP contribution in [0.1, 0.15) is 25.7 Å². The van der Waals surface area contributed by atoms with Crippen LogP contribution in [0.2, 0.25) is 0 Å². The molecule has 12 heavy (non-hydrogen) atoms. The second kappa shape index (κ2) is 3.45. The van der Waals surface area contributed by atoms with Crippen LogP contribution in [0.15, 0.2) is 0 Å². The summed E-state index contributed by atoms with van der Waals surface area (Å²) in [7, 11) is 0. The lowest BCUT2D eigenvalue weighted by molar-refractivity contribution is 0.146. The van der Waals surface area contributed by atoms with Gasteiger partial charge in [-0.1, -0.05) is 6.42 Å². The van der Waals surface area contributed by atoms with Crippen molar-refractivity contribution in [3.63, 3.8) is 0 Å². The SMILES string of the molecule is N#CC(C1CCC1)C1CCOC1. The normalized spacial score (nSPS) is 32.4. The highest BCUT2D eigenvalue weighted by Crippen LogP contribution is 2.39. The van der Waals surface area contributed by atoms with E-state index in [1.54, 1.807) is 0 Å². The molecule has 0 aromatic carbocycles. The van der Waals surface area contributed by atoms with Crippen LogP contribution in [0.3, 0.4) is 0 Å². The molecule has 1 aliphatic carbocycles. The number of nitrogens with zero attached hydrogens (tertiary/aromatic N) is 1. The summed E-state index contributed by atoms with van der Waals surface area (Å²) in [4.78, 5) is 0. The molecule has 2 nitrogen and oxygen atoms in total. The molecule has 0 amide bonds. The molecular weight excluding hydrogens is 150 g/mol. The molecule has 2 rings (SSSR count). The summed E-state index contributed by atoms with van der Waals surface area (Å²) in [5, 5.41) is 9.02. The smallest absolute Gasteiger partial charge is 0.0662 e. The Morgan fingerprint density at radius 3 is 2.50 bits per heavy atom. The van der Waals surface area contributed by atoms with Crippen molar-refractivity contribution in [1.29, 1.82) is 5.26 Å². The Hall–Kier alpha value is -0.550. The monoisotopic (exact) mass is 165 g/mol. The zero-order valence-electron chi connectivity index (χ0n) is 7.33. The summed E-state index contributed by atoms with van der Waals surface area (Å²) in [5.74, 6) is 1.53. The first-order chi connectivity index (χ1) is 5.92. The van der Waals surface area contributed by atoms with Crippen LogP contribution in [0.4, 0.5) is 0 Å². The van der Waals surface area contributed by atoms with Crippen molar-refractivity contribution < 1.29 is 4.74 Å². The third-order valence-electron chi connectivity index (χ3n) is 3.28. The highest BCUT2D eigenvalue weighted by molar-refractivity contribution is 4.96. The second-order valence-electron chi connectivity index (χ2n) is 3.97. The molecule has 2 heteroatoms. The Morgan fingerprint density at radius 1 is 1.25 bits per heavy atom. The van der Waals surface area contributed by atoms with Gasteiger partial charge in [0.1, 0.15) is 0 Å². The molecule has 1 aliphatic heterocycles. The number of hydrogen-bond acceptors (Lipinski definition) is 2. The van der Waals surface area contributed by atoms with Gasteiger partial charge in [0.2, 0.25) is 0 Å². The van der Waals surface area contributed by atoms with E-state index < -0.39 is 0 Å². The van der Waals surface area contributed by atoms with Gasteiger partial charge in [0.25, 0.3) is 0 Å². The minimum Gasteiger partial charge on any atom is -0.381 e. The van der Waals surface area contributed by atoms with E-state index in [-0.39, 0.29) is 0 Å². The van der Waals surface area contributed by atoms with Crippen LogP contribution in [-0.4, -0.2) is 13.2 Å². The van der Waals surface area contributed by atoms with Crippen molar-refractivity contribution in [3.05, 3.63) is 0 Å². The van der Waals surface area contributed by atoms with Gasteiger partial charge in [0.05, 0.1) is 18.6 Å². The Kier molecular flexibility index (Phi) is 2.32. The number of rotatable bonds is 2. The van der Waals surface area contributed by atoms with Crippen molar-refractivity contribution in [2.24, 2.45) is 17.8 Å². The standard InChI is InChI=1S/C10H15NO/c11-6-10(8-2-1-3-8)9-4-5-12-7-9/h8-10H,1-5,7H2. The summed E-state index contributed by atoms with van der Waals surface area (Å²) in [5.41, 5.74) is 0. The van der Waals surface area contributed by atoms with E-state index in [1.165, 1.54) is 19.3 Å². The molecule has 2 atom stereocenters. The van der Waals surface area contributed by atoms with E-state index in [4.69, 9.17) is 10.00 Å². The van der Waals surface area contributed by atoms with E-state index in [2.05, 4.69) is 6.07 Å². The second-order valence-corrected chi connectivity index (χ2v) is 3.97. The number of nitriles is 1. The van der Waals surface area contributed by atoms with Crippen LogP contribution in [0.25, 0.3) is 0 Å². The third-order valence-corrected chi connectivity index (χ3v) is 3.28. The molecule has 66 valence electrons. The summed E-state index contributed by atoms with van der Waals surface area (Å²) in [6.45, 7) is 1.70. The Balaban J connectivity index is 1.92. The fraction of sp³-hybridized carbons (Fsp3) is 0.900. The van der Waals surface area contributed by atoms with Gasteiger partial charge in [-0.15, -0.1) is 0 Å². The maximum Gasteiger partial charge on any atom is 0.0662 e. The minimum atomic E-state index is 0.293. The Morgan fingerprint density at radius 2 is 2.08 bits per heavy atom. The van der Waals surface area contributed by atoms with Gasteiger partial charge in [0.15, 0.2) is 0 Å². The first-order valence-electron chi connectivity index (χ1n) is 4.89. The molecule has 2 fully saturated rings. The molecular formula is C10H15NO. The van der Waals surface area contributed by atoms with E-state index >= 15 is 0 Å². The molecule has 0 bridgehead atoms. The topological polar surface area (TPSA) is 33.0 Å². The molecule has 0 aromatic heterocycles. The third kappa shape index (κ3) is 1.34. The highest BCUT2D eigenvalue weighted by Gasteiger charge is 2.35. The molecule has 1 saturated heterocycles. The molecule has 0 spiro atoms. The predicted octanol–water partition coefficient (Wildman–Crippen LogP) is 1.96. The fourth-order valence-corrected chi connectivity index (χ4v) is 2.23. The van der Waals surface area contributed by atoms with Crippen molar-refractivity contribution in [1.82, 2.24) is 0 Å². The van der Waals surface area contributed by atoms with E-state index in [9.17, 15) is 0 Å². The van der Waals surface area contributed by atoms with E-state index in [1.807, 2.05) is 0 Å². The van der Waals surface area contributed by atoms with Crippen LogP contribution >= 0.6 is 0 Å². The molecule has 0 N–H and O–H groups in total. The largest absolute Gasteiger partial charge is 0.381 e. The minimum absolute atomic E-state index is 0.293. The molecule has 2 aliphatic rings. The number of ether oxygens (including phenoxy) is 1. The predicted molar refractivity (Wildman–Crippen MR) is 45.4 cm³/mol. The maximum atomic E-state index is 9.02. The zero-order chi connectivity index (χ0) is 8.39. The van der Waals surface area contributed by atoms with Crippen LogP contribution in [0.5, 0.6) is 0 Å². The average molecular weight is 165 g/mol. The molecule has 1 saturated carbocycles. The lowest BCUT2D eigenvalue weighted by atomic mass is 9.71. The first-order valence-corrected chi connectivity index (χ1v) is 4.89. The van der Waals surface area contributed by atoms with Gasteiger partial charge in [-0.2, -0.15) is 5.26 Å². The first kappa shape index (κ1) is 8.07. The highest BCUT2D eigenvalue weighted by atomic mass is 16.5. The zero-order valence-corrected chi connectivity index (χ0v) is 7.33. The quantitative estimate of drug-likeness (QED) is 0.626. The van der Waals surface area contributed by atoms with Crippen molar-refractivity contribution in [2.75, 3.05) is 13.2 Å². The van der Waals surface area contributed by atoms with Gasteiger partial charge in [-0.3, -0.25) is 0 Å². The lowest BCUT2D eigenvalue weighted by Crippen LogP contribution is -2.27. The fourth-order valence-electron chi connectivity index (χ4n) is 2.23. The van der Waals surface area contributed by atoms with E-state index in [0.29, 0.717) is 17.8 Å². The lowest BCUT2D eigenvalue weighted by Gasteiger charge is -2.32. The van der Waals surface area contributed by atoms with Crippen molar-refractivity contribution >= 4 is 0 Å². The molecule has 1 heterocycles. The number of hydrogen-bond donors (Lipinski definition) is 0. The van der Waals surface area contributed by atoms with Crippen LogP contribution in [0, 0.1) is 29.1 Å². The Bertz CT molecular complexity index is 187. The summed E-state index contributed by atoms with van der Waals surface area (Å²) in [6, 6.07) is 2.47. The van der Waals surface area contributed by atoms with E-state index in [0.717, 1.165) is 19.6 Å². The van der Waals surface area contributed by atoms with Gasteiger partial charge in [-0.05, 0) is 25.2 Å².